The Morgan fingerprint density at radius 2 is 2.25 bits per heavy atom. The van der Waals surface area contributed by atoms with Gasteiger partial charge < -0.3 is 4.74 Å². The van der Waals surface area contributed by atoms with Gasteiger partial charge in [0, 0.05) is 19.3 Å². The fraction of sp³-hybridized carbons (Fsp3) is 0.500. The second-order valence-corrected chi connectivity index (χ2v) is 3.71. The number of rotatable bonds is 6. The average molecular weight is 226 g/mol. The van der Waals surface area contributed by atoms with Crippen LogP contribution in [0.1, 0.15) is 30.5 Å². The molecule has 0 amide bonds. The molecule has 0 fully saturated rings. The van der Waals surface area contributed by atoms with Gasteiger partial charge in [-0.1, -0.05) is 6.07 Å². The van der Waals surface area contributed by atoms with E-state index in [1.807, 2.05) is 13.8 Å². The molecule has 1 aromatic carbocycles. The molecular formula is C12H19FN2O. The number of aryl methyl sites for hydroxylation is 1. The molecule has 0 aromatic heterocycles. The molecule has 90 valence electrons. The van der Waals surface area contributed by atoms with Crippen molar-refractivity contribution in [2.75, 3.05) is 13.2 Å². The first-order chi connectivity index (χ1) is 7.69. The second-order valence-electron chi connectivity index (χ2n) is 3.71. The van der Waals surface area contributed by atoms with Gasteiger partial charge in [0.1, 0.15) is 5.82 Å². The van der Waals surface area contributed by atoms with Gasteiger partial charge in [0.25, 0.3) is 0 Å². The number of halogens is 1. The molecule has 4 heteroatoms. The molecule has 0 saturated heterocycles. The molecule has 1 atom stereocenters. The summed E-state index contributed by atoms with van der Waals surface area (Å²) in [6.07, 6.45) is 0.775. The third-order valence-electron chi connectivity index (χ3n) is 2.56. The van der Waals surface area contributed by atoms with Crippen molar-refractivity contribution in [3.05, 3.63) is 35.1 Å². The minimum absolute atomic E-state index is 0.00662. The predicted octanol–water partition coefficient (Wildman–Crippen LogP) is 2.07. The number of ether oxygens (including phenoxy) is 1. The van der Waals surface area contributed by atoms with E-state index in [1.165, 1.54) is 12.1 Å². The second kappa shape index (κ2) is 6.58. The van der Waals surface area contributed by atoms with Gasteiger partial charge in [0.2, 0.25) is 0 Å². The van der Waals surface area contributed by atoms with Crippen molar-refractivity contribution in [1.29, 1.82) is 0 Å². The highest BCUT2D eigenvalue weighted by atomic mass is 19.1. The minimum atomic E-state index is -0.221. The molecule has 0 bridgehead atoms. The number of hydrogen-bond acceptors (Lipinski definition) is 3. The van der Waals surface area contributed by atoms with Crippen molar-refractivity contribution in [3.63, 3.8) is 0 Å². The molecule has 0 aliphatic rings. The highest BCUT2D eigenvalue weighted by Gasteiger charge is 2.12. The molecule has 16 heavy (non-hydrogen) atoms. The number of hydrazine groups is 1. The van der Waals surface area contributed by atoms with Gasteiger partial charge in [-0.05, 0) is 43.5 Å². The number of hydrogen-bond donors (Lipinski definition) is 2. The van der Waals surface area contributed by atoms with E-state index < -0.39 is 0 Å². The van der Waals surface area contributed by atoms with E-state index in [-0.39, 0.29) is 11.9 Å². The van der Waals surface area contributed by atoms with Crippen molar-refractivity contribution in [2.45, 2.75) is 26.3 Å². The summed E-state index contributed by atoms with van der Waals surface area (Å²) in [5.41, 5.74) is 4.65. The Labute approximate surface area is 95.8 Å². The lowest BCUT2D eigenvalue weighted by atomic mass is 9.99. The summed E-state index contributed by atoms with van der Waals surface area (Å²) in [6, 6.07) is 4.74. The maximum absolute atomic E-state index is 12.9. The van der Waals surface area contributed by atoms with Crippen LogP contribution in [-0.2, 0) is 4.74 Å². The van der Waals surface area contributed by atoms with Crippen LogP contribution >= 0.6 is 0 Å². The normalized spacial score (nSPS) is 12.8. The van der Waals surface area contributed by atoms with E-state index in [2.05, 4.69) is 5.43 Å². The van der Waals surface area contributed by atoms with Crippen molar-refractivity contribution in [3.8, 4) is 0 Å². The van der Waals surface area contributed by atoms with Crippen LogP contribution in [0.25, 0.3) is 0 Å². The summed E-state index contributed by atoms with van der Waals surface area (Å²) in [5, 5.41) is 0. The van der Waals surface area contributed by atoms with Gasteiger partial charge in [-0.15, -0.1) is 0 Å². The van der Waals surface area contributed by atoms with E-state index in [4.69, 9.17) is 10.6 Å². The average Bonchev–Trinajstić information content (AvgIpc) is 2.26. The molecule has 0 aliphatic heterocycles. The van der Waals surface area contributed by atoms with E-state index in [9.17, 15) is 4.39 Å². The molecule has 3 nitrogen and oxygen atoms in total. The first-order valence-electron chi connectivity index (χ1n) is 5.49. The Morgan fingerprint density at radius 1 is 1.50 bits per heavy atom. The van der Waals surface area contributed by atoms with Crippen LogP contribution in [0.15, 0.2) is 18.2 Å². The van der Waals surface area contributed by atoms with Gasteiger partial charge in [0.05, 0.1) is 0 Å². The standard InChI is InChI=1S/C12H19FN2O/c1-3-16-7-6-12(15-14)11-5-4-10(13)8-9(11)2/h4-5,8,12,15H,3,6-7,14H2,1-2H3. The highest BCUT2D eigenvalue weighted by molar-refractivity contribution is 5.29. The number of nitrogens with two attached hydrogens (primary N) is 1. The largest absolute Gasteiger partial charge is 0.382 e. The molecule has 0 spiro atoms. The maximum atomic E-state index is 12.9. The van der Waals surface area contributed by atoms with E-state index in [1.54, 1.807) is 6.07 Å². The zero-order valence-corrected chi connectivity index (χ0v) is 9.79. The Balaban J connectivity index is 2.70. The van der Waals surface area contributed by atoms with Crippen molar-refractivity contribution in [1.82, 2.24) is 5.43 Å². The lowest BCUT2D eigenvalue weighted by molar-refractivity contribution is 0.136. The molecule has 0 aliphatic carbocycles. The summed E-state index contributed by atoms with van der Waals surface area (Å²) in [7, 11) is 0. The highest BCUT2D eigenvalue weighted by Crippen LogP contribution is 2.20. The molecular weight excluding hydrogens is 207 g/mol. The van der Waals surface area contributed by atoms with Crippen LogP contribution in [-0.4, -0.2) is 13.2 Å². The van der Waals surface area contributed by atoms with Gasteiger partial charge in [-0.25, -0.2) is 4.39 Å². The quantitative estimate of drug-likeness (QED) is 0.443. The monoisotopic (exact) mass is 226 g/mol. The smallest absolute Gasteiger partial charge is 0.123 e. The third kappa shape index (κ3) is 3.56. The molecule has 0 saturated carbocycles. The molecule has 1 aromatic rings. The summed E-state index contributed by atoms with van der Waals surface area (Å²) in [4.78, 5) is 0. The molecule has 3 N–H and O–H groups in total. The van der Waals surface area contributed by atoms with Crippen molar-refractivity contribution >= 4 is 0 Å². The molecule has 0 heterocycles. The zero-order valence-electron chi connectivity index (χ0n) is 9.79. The lowest BCUT2D eigenvalue weighted by Gasteiger charge is -2.18. The Kier molecular flexibility index (Phi) is 5.38. The SMILES string of the molecule is CCOCCC(NN)c1ccc(F)cc1C. The summed E-state index contributed by atoms with van der Waals surface area (Å²) < 4.78 is 18.2. The van der Waals surface area contributed by atoms with Crippen molar-refractivity contribution < 1.29 is 9.13 Å². The van der Waals surface area contributed by atoms with Crippen LogP contribution < -0.4 is 11.3 Å². The molecule has 0 radical (unpaired) electrons. The van der Waals surface area contributed by atoms with E-state index in [0.29, 0.717) is 13.2 Å². The van der Waals surface area contributed by atoms with Gasteiger partial charge in [-0.3, -0.25) is 11.3 Å². The molecule has 1 rings (SSSR count). The van der Waals surface area contributed by atoms with E-state index in [0.717, 1.165) is 17.5 Å². The van der Waals surface area contributed by atoms with Crippen molar-refractivity contribution in [2.24, 2.45) is 5.84 Å². The van der Waals surface area contributed by atoms with Gasteiger partial charge in [-0.2, -0.15) is 0 Å². The van der Waals surface area contributed by atoms with Crippen LogP contribution in [0.4, 0.5) is 4.39 Å². The van der Waals surface area contributed by atoms with Crippen LogP contribution in [0.3, 0.4) is 0 Å². The Hall–Kier alpha value is -0.970. The summed E-state index contributed by atoms with van der Waals surface area (Å²) in [5.74, 6) is 5.27. The third-order valence-corrected chi connectivity index (χ3v) is 2.56. The zero-order chi connectivity index (χ0) is 12.0. The van der Waals surface area contributed by atoms with E-state index >= 15 is 0 Å². The minimum Gasteiger partial charge on any atom is -0.382 e. The summed E-state index contributed by atoms with van der Waals surface area (Å²) >= 11 is 0. The Bertz CT molecular complexity index is 331. The number of nitrogens with one attached hydrogen (secondary N) is 1. The van der Waals surface area contributed by atoms with Crippen LogP contribution in [0.5, 0.6) is 0 Å². The summed E-state index contributed by atoms with van der Waals surface area (Å²) in [6.45, 7) is 5.17. The lowest BCUT2D eigenvalue weighted by Crippen LogP contribution is -2.29. The molecule has 1 unspecified atom stereocenters. The topological polar surface area (TPSA) is 47.3 Å². The maximum Gasteiger partial charge on any atom is 0.123 e. The number of benzene rings is 1. The van der Waals surface area contributed by atoms with Gasteiger partial charge in [0.15, 0.2) is 0 Å². The fourth-order valence-corrected chi connectivity index (χ4v) is 1.70. The van der Waals surface area contributed by atoms with Crippen LogP contribution in [0, 0.1) is 12.7 Å². The first kappa shape index (κ1) is 13.1. The Morgan fingerprint density at radius 3 is 2.81 bits per heavy atom. The fourth-order valence-electron chi connectivity index (χ4n) is 1.70. The predicted molar refractivity (Wildman–Crippen MR) is 62.3 cm³/mol. The van der Waals surface area contributed by atoms with Crippen LogP contribution in [0.2, 0.25) is 0 Å². The van der Waals surface area contributed by atoms with Gasteiger partial charge >= 0.3 is 0 Å². The first-order valence-corrected chi connectivity index (χ1v) is 5.49.